The lowest BCUT2D eigenvalue weighted by Crippen LogP contribution is -2.26. The second-order valence-electron chi connectivity index (χ2n) is 7.95. The fraction of sp³-hybridized carbons (Fsp3) is 0.148. The van der Waals surface area contributed by atoms with Gasteiger partial charge in [0, 0.05) is 16.6 Å². The Morgan fingerprint density at radius 1 is 1.03 bits per heavy atom. The number of hydrogen-bond donors (Lipinski definition) is 1. The number of amides is 2. The Labute approximate surface area is 201 Å². The van der Waals surface area contributed by atoms with Gasteiger partial charge in [-0.05, 0) is 49.2 Å². The van der Waals surface area contributed by atoms with E-state index < -0.39 is 11.7 Å². The molecule has 34 heavy (non-hydrogen) atoms. The zero-order valence-corrected chi connectivity index (χ0v) is 19.7. The molecule has 1 N–H and O–H groups in total. The molecule has 0 radical (unpaired) electrons. The van der Waals surface area contributed by atoms with Crippen LogP contribution in [0.3, 0.4) is 0 Å². The number of hydrogen-bond acceptors (Lipinski definition) is 3. The molecule has 5 nitrogen and oxygen atoms in total. The molecule has 1 atom stereocenters. The number of rotatable bonds is 6. The van der Waals surface area contributed by atoms with Crippen molar-refractivity contribution in [1.82, 2.24) is 9.88 Å². The van der Waals surface area contributed by atoms with Crippen molar-refractivity contribution in [3.05, 3.63) is 123 Å². The lowest BCUT2D eigenvalue weighted by molar-refractivity contribution is 0.0938. The average Bonchev–Trinajstić information content (AvgIpc) is 3.18. The van der Waals surface area contributed by atoms with Crippen LogP contribution in [-0.4, -0.2) is 16.4 Å². The lowest BCUT2D eigenvalue weighted by Gasteiger charge is -2.15. The Kier molecular flexibility index (Phi) is 7.13. The van der Waals surface area contributed by atoms with E-state index in [1.54, 1.807) is 12.1 Å². The minimum Gasteiger partial charge on any atom is -0.346 e. The Morgan fingerprint density at radius 2 is 1.76 bits per heavy atom. The van der Waals surface area contributed by atoms with Crippen LogP contribution in [0.2, 0.25) is 0 Å². The van der Waals surface area contributed by atoms with E-state index in [1.165, 1.54) is 29.5 Å². The first-order valence-corrected chi connectivity index (χ1v) is 11.7. The van der Waals surface area contributed by atoms with Gasteiger partial charge in [-0.3, -0.25) is 9.59 Å². The van der Waals surface area contributed by atoms with Crippen molar-refractivity contribution in [2.75, 3.05) is 0 Å². The van der Waals surface area contributed by atoms with Crippen LogP contribution in [0.1, 0.15) is 50.5 Å². The van der Waals surface area contributed by atoms with Gasteiger partial charge in [-0.15, -0.1) is 11.3 Å². The Bertz CT molecular complexity index is 1390. The first-order valence-electron chi connectivity index (χ1n) is 10.9. The molecule has 1 heterocycles. The van der Waals surface area contributed by atoms with Gasteiger partial charge in [-0.2, -0.15) is 4.99 Å². The Balaban J connectivity index is 1.55. The molecule has 0 aliphatic carbocycles. The largest absolute Gasteiger partial charge is 0.346 e. The summed E-state index contributed by atoms with van der Waals surface area (Å²) < 4.78 is 15.9. The molecule has 0 saturated heterocycles. The lowest BCUT2D eigenvalue weighted by atomic mass is 10.1. The molecular formula is C27H24FN3O2S. The fourth-order valence-corrected chi connectivity index (χ4v) is 4.45. The maximum atomic E-state index is 14.0. The van der Waals surface area contributed by atoms with E-state index in [2.05, 4.69) is 10.3 Å². The highest BCUT2D eigenvalue weighted by molar-refractivity contribution is 7.07. The molecule has 0 saturated carbocycles. The van der Waals surface area contributed by atoms with Crippen molar-refractivity contribution in [3.63, 3.8) is 0 Å². The quantitative estimate of drug-likeness (QED) is 0.414. The van der Waals surface area contributed by atoms with Crippen LogP contribution < -0.4 is 10.1 Å². The molecule has 1 unspecified atom stereocenters. The van der Waals surface area contributed by atoms with Crippen LogP contribution in [0.4, 0.5) is 4.39 Å². The van der Waals surface area contributed by atoms with Gasteiger partial charge in [0.05, 0.1) is 18.2 Å². The van der Waals surface area contributed by atoms with Gasteiger partial charge in [0.15, 0.2) is 4.80 Å². The maximum Gasteiger partial charge on any atom is 0.282 e. The third kappa shape index (κ3) is 5.38. The highest BCUT2D eigenvalue weighted by atomic mass is 32.1. The third-order valence-corrected chi connectivity index (χ3v) is 6.45. The standard InChI is InChI=1S/C27H24FN3O2S/c1-18-17-34-27(30-26(33)23-13-6-7-14-24(23)28)31(18)16-20-9-8-12-22(15-20)25(32)29-19(2)21-10-4-3-5-11-21/h3-15,17,19H,16H2,1-2H3,(H,29,32). The number of thiazole rings is 1. The minimum atomic E-state index is -0.628. The van der Waals surface area contributed by atoms with Crippen molar-refractivity contribution >= 4 is 23.2 Å². The summed E-state index contributed by atoms with van der Waals surface area (Å²) in [6.45, 7) is 4.29. The summed E-state index contributed by atoms with van der Waals surface area (Å²) in [7, 11) is 0. The number of carbonyl (C=O) groups excluding carboxylic acids is 2. The van der Waals surface area contributed by atoms with Gasteiger partial charge in [-0.25, -0.2) is 4.39 Å². The van der Waals surface area contributed by atoms with Crippen LogP contribution in [0.15, 0.2) is 89.2 Å². The maximum absolute atomic E-state index is 14.0. The average molecular weight is 474 g/mol. The van der Waals surface area contributed by atoms with Crippen LogP contribution in [0.5, 0.6) is 0 Å². The van der Waals surface area contributed by atoms with Gasteiger partial charge in [-0.1, -0.05) is 54.6 Å². The van der Waals surface area contributed by atoms with Gasteiger partial charge < -0.3 is 9.88 Å². The molecule has 0 aliphatic heterocycles. The van der Waals surface area contributed by atoms with E-state index in [-0.39, 0.29) is 17.5 Å². The number of aryl methyl sites for hydroxylation is 1. The number of nitrogens with one attached hydrogen (secondary N) is 1. The molecule has 172 valence electrons. The predicted molar refractivity (Wildman–Crippen MR) is 131 cm³/mol. The molecule has 1 aromatic heterocycles. The molecule has 2 amide bonds. The first-order chi connectivity index (χ1) is 16.4. The second kappa shape index (κ2) is 10.4. The normalized spacial score (nSPS) is 12.4. The van der Waals surface area contributed by atoms with E-state index in [0.717, 1.165) is 16.8 Å². The van der Waals surface area contributed by atoms with Crippen LogP contribution >= 0.6 is 11.3 Å². The molecular weight excluding hydrogens is 449 g/mol. The number of benzene rings is 3. The van der Waals surface area contributed by atoms with Crippen molar-refractivity contribution in [2.24, 2.45) is 4.99 Å². The summed E-state index contributed by atoms with van der Waals surface area (Å²) in [5, 5.41) is 4.92. The molecule has 7 heteroatoms. The van der Waals surface area contributed by atoms with Crippen molar-refractivity contribution in [2.45, 2.75) is 26.4 Å². The zero-order chi connectivity index (χ0) is 24.1. The van der Waals surface area contributed by atoms with Gasteiger partial charge in [0.25, 0.3) is 11.8 Å². The summed E-state index contributed by atoms with van der Waals surface area (Å²) in [5.41, 5.74) is 3.32. The van der Waals surface area contributed by atoms with Crippen LogP contribution in [0.25, 0.3) is 0 Å². The van der Waals surface area contributed by atoms with E-state index in [9.17, 15) is 14.0 Å². The monoisotopic (exact) mass is 473 g/mol. The summed E-state index contributed by atoms with van der Waals surface area (Å²) in [6.07, 6.45) is 0. The molecule has 0 spiro atoms. The van der Waals surface area contributed by atoms with Gasteiger partial charge >= 0.3 is 0 Å². The summed E-state index contributed by atoms with van der Waals surface area (Å²) in [4.78, 5) is 30.0. The van der Waals surface area contributed by atoms with E-state index in [4.69, 9.17) is 0 Å². The summed E-state index contributed by atoms with van der Waals surface area (Å²) >= 11 is 1.31. The zero-order valence-electron chi connectivity index (χ0n) is 18.9. The Hall–Kier alpha value is -3.84. The van der Waals surface area contributed by atoms with Gasteiger partial charge in [0.2, 0.25) is 0 Å². The van der Waals surface area contributed by atoms with Crippen molar-refractivity contribution in [1.29, 1.82) is 0 Å². The highest BCUT2D eigenvalue weighted by Crippen LogP contribution is 2.14. The first kappa shape index (κ1) is 23.3. The topological polar surface area (TPSA) is 63.5 Å². The molecule has 0 aliphatic rings. The van der Waals surface area contributed by atoms with E-state index >= 15 is 0 Å². The molecule has 4 aromatic rings. The highest BCUT2D eigenvalue weighted by Gasteiger charge is 2.14. The number of halogens is 1. The summed E-state index contributed by atoms with van der Waals surface area (Å²) in [5.74, 6) is -1.39. The molecule has 4 rings (SSSR count). The Morgan fingerprint density at radius 3 is 2.53 bits per heavy atom. The SMILES string of the molecule is Cc1csc(=NC(=O)c2ccccc2F)n1Cc1cccc(C(=O)NC(C)c2ccccc2)c1. The minimum absolute atomic E-state index is 0.0636. The molecule has 0 bridgehead atoms. The smallest absolute Gasteiger partial charge is 0.282 e. The van der Waals surface area contributed by atoms with E-state index in [0.29, 0.717) is 16.9 Å². The van der Waals surface area contributed by atoms with Gasteiger partial charge in [0.1, 0.15) is 5.82 Å². The number of carbonyl (C=O) groups is 2. The number of nitrogens with zero attached hydrogens (tertiary/aromatic N) is 2. The third-order valence-electron chi connectivity index (χ3n) is 5.47. The molecule has 0 fully saturated rings. The van der Waals surface area contributed by atoms with Crippen LogP contribution in [0, 0.1) is 12.7 Å². The molecule has 3 aromatic carbocycles. The second-order valence-corrected chi connectivity index (χ2v) is 8.79. The summed E-state index contributed by atoms with van der Waals surface area (Å²) in [6, 6.07) is 22.8. The van der Waals surface area contributed by atoms with Crippen molar-refractivity contribution < 1.29 is 14.0 Å². The fourth-order valence-electron chi connectivity index (χ4n) is 3.58. The van der Waals surface area contributed by atoms with E-state index in [1.807, 2.05) is 72.3 Å². The van der Waals surface area contributed by atoms with Crippen LogP contribution in [-0.2, 0) is 6.54 Å². The number of aromatic nitrogens is 1. The predicted octanol–water partition coefficient (Wildman–Crippen LogP) is 5.28. The van der Waals surface area contributed by atoms with Crippen molar-refractivity contribution in [3.8, 4) is 0 Å².